The van der Waals surface area contributed by atoms with E-state index in [9.17, 15) is 35.9 Å². The van der Waals surface area contributed by atoms with E-state index in [1.807, 2.05) is 0 Å². The Balaban J connectivity index is 1.71. The molecule has 0 saturated heterocycles. The van der Waals surface area contributed by atoms with E-state index in [-0.39, 0.29) is 16.4 Å². The number of carboxylic acid groups (broad SMARTS) is 1. The van der Waals surface area contributed by atoms with Crippen LogP contribution in [0, 0.1) is 0 Å². The van der Waals surface area contributed by atoms with Crippen LogP contribution in [-0.2, 0) is 20.4 Å². The fourth-order valence-corrected chi connectivity index (χ4v) is 6.33. The second-order valence-electron chi connectivity index (χ2n) is 8.59. The average molecular weight is 554 g/mol. The molecule has 1 fully saturated rings. The van der Waals surface area contributed by atoms with Crippen molar-refractivity contribution in [3.8, 4) is 22.6 Å². The van der Waals surface area contributed by atoms with Gasteiger partial charge in [0.15, 0.2) is 0 Å². The molecule has 1 saturated carbocycles. The number of carbonyl (C=O) groups is 1. The number of hydrogen-bond acceptors (Lipinski definition) is 5. The Bertz CT molecular complexity index is 1380. The Hall–Kier alpha value is -3.64. The number of rotatable bonds is 11. The van der Waals surface area contributed by atoms with Gasteiger partial charge in [0, 0.05) is 5.56 Å². The molecule has 0 amide bonds. The molecule has 202 valence electrons. The molecule has 0 heterocycles. The molecule has 0 spiro atoms. The van der Waals surface area contributed by atoms with Crippen LogP contribution in [0.3, 0.4) is 0 Å². The van der Waals surface area contributed by atoms with Gasteiger partial charge in [0.25, 0.3) is 0 Å². The summed E-state index contributed by atoms with van der Waals surface area (Å²) in [6.45, 7) is -6.93. The van der Waals surface area contributed by atoms with Gasteiger partial charge in [-0.3, -0.25) is 4.79 Å². The molecule has 1 aliphatic rings. The summed E-state index contributed by atoms with van der Waals surface area (Å²) in [7, 11) is -4.38. The molecule has 3 aromatic rings. The first-order valence-corrected chi connectivity index (χ1v) is 12.9. The number of ether oxygens (including phenoxy) is 2. The zero-order valence-corrected chi connectivity index (χ0v) is 20.6. The van der Waals surface area contributed by atoms with Crippen LogP contribution in [-0.4, -0.2) is 43.6 Å². The lowest BCUT2D eigenvalue weighted by molar-refractivity contribution is -0.139. The standard InChI is InChI=1S/C26H23F4NO6S/c27-24(28)36-19-10-12-20(13-11-19)38(34,35)31(16-23(32)33)26(14-3-15-26)18-8-6-17(7-9-18)21-4-1-2-5-22(21)37-25(29)30/h1-2,4-13,24-25H,3,14-16H2,(H,32,33). The highest BCUT2D eigenvalue weighted by Gasteiger charge is 2.50. The lowest BCUT2D eigenvalue weighted by Crippen LogP contribution is -2.55. The number of hydrogen-bond donors (Lipinski definition) is 1. The Labute approximate surface area is 216 Å². The van der Waals surface area contributed by atoms with Crippen molar-refractivity contribution in [1.82, 2.24) is 4.31 Å². The number of aliphatic carboxylic acids is 1. The molecule has 4 rings (SSSR count). The molecule has 0 radical (unpaired) electrons. The first-order chi connectivity index (χ1) is 18.0. The zero-order chi connectivity index (χ0) is 27.5. The number of nitrogens with zero attached hydrogens (tertiary/aromatic N) is 1. The normalized spacial score (nSPS) is 14.9. The Kier molecular flexibility index (Phi) is 7.93. The van der Waals surface area contributed by atoms with Crippen LogP contribution >= 0.6 is 0 Å². The lowest BCUT2D eigenvalue weighted by Gasteiger charge is -2.49. The highest BCUT2D eigenvalue weighted by Crippen LogP contribution is 2.49. The van der Waals surface area contributed by atoms with Gasteiger partial charge < -0.3 is 14.6 Å². The molecule has 0 aromatic heterocycles. The molecule has 38 heavy (non-hydrogen) atoms. The van der Waals surface area contributed by atoms with Crippen molar-refractivity contribution >= 4 is 16.0 Å². The average Bonchev–Trinajstić information content (AvgIpc) is 2.83. The van der Waals surface area contributed by atoms with Crippen LogP contribution in [0.1, 0.15) is 24.8 Å². The summed E-state index contributed by atoms with van der Waals surface area (Å²) in [5.41, 5.74) is 0.305. The van der Waals surface area contributed by atoms with E-state index in [1.54, 1.807) is 42.5 Å². The summed E-state index contributed by atoms with van der Waals surface area (Å²) in [5, 5.41) is 9.58. The molecule has 0 unspecified atom stereocenters. The molecule has 1 aliphatic carbocycles. The Morgan fingerprint density at radius 1 is 0.895 bits per heavy atom. The fourth-order valence-electron chi connectivity index (χ4n) is 4.57. The molecule has 1 N–H and O–H groups in total. The maximum absolute atomic E-state index is 13.6. The van der Waals surface area contributed by atoms with Gasteiger partial charge in [-0.2, -0.15) is 21.9 Å². The number of sulfonamides is 1. The van der Waals surface area contributed by atoms with Crippen LogP contribution in [0.25, 0.3) is 11.1 Å². The number of benzene rings is 3. The van der Waals surface area contributed by atoms with E-state index in [0.717, 1.165) is 28.6 Å². The Morgan fingerprint density at radius 3 is 2.03 bits per heavy atom. The number of alkyl halides is 4. The SMILES string of the molecule is O=C(O)CN(C1(c2ccc(-c3ccccc3OC(F)F)cc2)CCC1)S(=O)(=O)c1ccc(OC(F)F)cc1. The predicted molar refractivity (Wildman–Crippen MR) is 129 cm³/mol. The smallest absolute Gasteiger partial charge is 0.387 e. The first kappa shape index (κ1) is 27.4. The van der Waals surface area contributed by atoms with Crippen molar-refractivity contribution in [2.75, 3.05) is 6.54 Å². The van der Waals surface area contributed by atoms with Gasteiger partial charge in [-0.25, -0.2) is 8.42 Å². The van der Waals surface area contributed by atoms with Crippen LogP contribution < -0.4 is 9.47 Å². The third-order valence-corrected chi connectivity index (χ3v) is 8.34. The van der Waals surface area contributed by atoms with Crippen LogP contribution in [0.4, 0.5) is 17.6 Å². The first-order valence-electron chi connectivity index (χ1n) is 11.5. The minimum absolute atomic E-state index is 0.0250. The van der Waals surface area contributed by atoms with Gasteiger partial charge in [0.05, 0.1) is 10.4 Å². The molecular formula is C26H23F4NO6S. The second-order valence-corrected chi connectivity index (χ2v) is 10.5. The highest BCUT2D eigenvalue weighted by atomic mass is 32.2. The summed E-state index contributed by atoms with van der Waals surface area (Å²) >= 11 is 0. The van der Waals surface area contributed by atoms with Crippen molar-refractivity contribution in [3.63, 3.8) is 0 Å². The van der Waals surface area contributed by atoms with E-state index in [4.69, 9.17) is 0 Å². The summed E-state index contributed by atoms with van der Waals surface area (Å²) < 4.78 is 87.7. The van der Waals surface area contributed by atoms with Crippen molar-refractivity contribution in [3.05, 3.63) is 78.4 Å². The van der Waals surface area contributed by atoms with Gasteiger partial charge in [0.1, 0.15) is 18.0 Å². The lowest BCUT2D eigenvalue weighted by atomic mass is 9.71. The summed E-state index contributed by atoms with van der Waals surface area (Å²) in [5.74, 6) is -1.64. The predicted octanol–water partition coefficient (Wildman–Crippen LogP) is 5.71. The van der Waals surface area contributed by atoms with E-state index < -0.39 is 41.3 Å². The topological polar surface area (TPSA) is 93.1 Å². The van der Waals surface area contributed by atoms with Crippen molar-refractivity contribution < 1.29 is 45.4 Å². The van der Waals surface area contributed by atoms with Crippen LogP contribution in [0.2, 0.25) is 0 Å². The van der Waals surface area contributed by atoms with E-state index in [0.29, 0.717) is 36.0 Å². The zero-order valence-electron chi connectivity index (χ0n) is 19.8. The summed E-state index contributed by atoms with van der Waals surface area (Å²) in [4.78, 5) is 11.5. The quantitative estimate of drug-likeness (QED) is 0.306. The van der Waals surface area contributed by atoms with Gasteiger partial charge in [-0.05, 0) is 60.7 Å². The van der Waals surface area contributed by atoms with E-state index >= 15 is 0 Å². The largest absolute Gasteiger partial charge is 0.480 e. The van der Waals surface area contributed by atoms with Crippen LogP contribution in [0.5, 0.6) is 11.5 Å². The molecule has 7 nitrogen and oxygen atoms in total. The maximum Gasteiger partial charge on any atom is 0.387 e. The molecular weight excluding hydrogens is 530 g/mol. The maximum atomic E-state index is 13.6. The Morgan fingerprint density at radius 2 is 1.50 bits per heavy atom. The van der Waals surface area contributed by atoms with E-state index in [2.05, 4.69) is 9.47 Å². The van der Waals surface area contributed by atoms with Gasteiger partial charge in [-0.1, -0.05) is 42.5 Å². The number of para-hydroxylation sites is 1. The summed E-state index contributed by atoms with van der Waals surface area (Å²) in [6.07, 6.45) is 1.33. The minimum atomic E-state index is -4.38. The van der Waals surface area contributed by atoms with Crippen LogP contribution in [0.15, 0.2) is 77.7 Å². The number of carboxylic acids is 1. The van der Waals surface area contributed by atoms with Gasteiger partial charge in [-0.15, -0.1) is 0 Å². The highest BCUT2D eigenvalue weighted by molar-refractivity contribution is 7.89. The summed E-state index contributed by atoms with van der Waals surface area (Å²) in [6, 6.07) is 17.1. The third kappa shape index (κ3) is 5.60. The van der Waals surface area contributed by atoms with Gasteiger partial charge >= 0.3 is 19.2 Å². The van der Waals surface area contributed by atoms with Crippen molar-refractivity contribution in [2.45, 2.75) is 42.9 Å². The number of halogens is 4. The second kappa shape index (κ2) is 11.0. The molecule has 0 bridgehead atoms. The molecule has 12 heteroatoms. The molecule has 0 aliphatic heterocycles. The molecule has 0 atom stereocenters. The minimum Gasteiger partial charge on any atom is -0.480 e. The van der Waals surface area contributed by atoms with Gasteiger partial charge in [0.2, 0.25) is 10.0 Å². The van der Waals surface area contributed by atoms with E-state index in [1.165, 1.54) is 6.07 Å². The third-order valence-electron chi connectivity index (χ3n) is 6.41. The monoisotopic (exact) mass is 553 g/mol. The van der Waals surface area contributed by atoms with Crippen molar-refractivity contribution in [2.24, 2.45) is 0 Å². The fraction of sp³-hybridized carbons (Fsp3) is 0.269. The van der Waals surface area contributed by atoms with Crippen molar-refractivity contribution in [1.29, 1.82) is 0 Å². The molecule has 3 aromatic carbocycles.